The normalized spacial score (nSPS) is 15.3. The number of nitrogens with one attached hydrogen (secondary N) is 2. The smallest absolute Gasteiger partial charge is 0.240 e. The first-order chi connectivity index (χ1) is 9.33. The minimum Gasteiger partial charge on any atom is -0.317 e. The van der Waals surface area contributed by atoms with Crippen molar-refractivity contribution in [2.45, 2.75) is 44.6 Å². The highest BCUT2D eigenvalue weighted by molar-refractivity contribution is 7.89. The van der Waals surface area contributed by atoms with Gasteiger partial charge in [0.05, 0.1) is 4.90 Å². The van der Waals surface area contributed by atoms with Crippen LogP contribution in [0.25, 0.3) is 0 Å². The molecule has 0 fully saturated rings. The van der Waals surface area contributed by atoms with Gasteiger partial charge in [0, 0.05) is 18.5 Å². The molecule has 1 aromatic rings. The van der Waals surface area contributed by atoms with Crippen LogP contribution >= 0.6 is 0 Å². The Hall–Kier alpha value is -0.910. The second-order valence-electron chi connectivity index (χ2n) is 5.42. The van der Waals surface area contributed by atoms with Crippen molar-refractivity contribution in [1.29, 1.82) is 0 Å². The molecule has 0 aliphatic heterocycles. The van der Waals surface area contributed by atoms with Crippen LogP contribution in [0.15, 0.2) is 29.2 Å². The minimum absolute atomic E-state index is 0.322. The average molecular weight is 298 g/mol. The van der Waals surface area contributed by atoms with Crippen molar-refractivity contribution in [3.8, 4) is 0 Å². The Kier molecular flexibility index (Phi) is 6.17. The molecule has 0 heterocycles. The zero-order chi connectivity index (χ0) is 15.3. The lowest BCUT2D eigenvalue weighted by Crippen LogP contribution is -2.32. The molecule has 0 spiro atoms. The third-order valence-corrected chi connectivity index (χ3v) is 5.18. The fraction of sp³-hybridized carbons (Fsp3) is 0.600. The molecule has 1 rings (SSSR count). The lowest BCUT2D eigenvalue weighted by Gasteiger charge is -2.27. The van der Waals surface area contributed by atoms with E-state index < -0.39 is 10.0 Å². The van der Waals surface area contributed by atoms with Crippen molar-refractivity contribution < 1.29 is 8.42 Å². The van der Waals surface area contributed by atoms with Gasteiger partial charge in [-0.15, -0.1) is 0 Å². The average Bonchev–Trinajstić information content (AvgIpc) is 2.38. The zero-order valence-electron chi connectivity index (χ0n) is 13.0. The van der Waals surface area contributed by atoms with Crippen molar-refractivity contribution in [2.75, 3.05) is 13.6 Å². The molecule has 20 heavy (non-hydrogen) atoms. The first-order valence-corrected chi connectivity index (χ1v) is 8.58. The van der Waals surface area contributed by atoms with Gasteiger partial charge in [0.1, 0.15) is 0 Å². The summed E-state index contributed by atoms with van der Waals surface area (Å²) in [5, 5.41) is 3.28. The summed E-state index contributed by atoms with van der Waals surface area (Å²) in [6.07, 6.45) is 0. The molecule has 0 aliphatic carbocycles. The van der Waals surface area contributed by atoms with Crippen LogP contribution in [0.3, 0.4) is 0 Å². The van der Waals surface area contributed by atoms with Gasteiger partial charge < -0.3 is 5.32 Å². The molecule has 0 aromatic heterocycles. The number of hydrogen-bond acceptors (Lipinski definition) is 3. The van der Waals surface area contributed by atoms with Crippen LogP contribution in [0.2, 0.25) is 0 Å². The highest BCUT2D eigenvalue weighted by Crippen LogP contribution is 2.28. The number of likely N-dealkylation sites (N-methyl/N-ethyl adjacent to an activating group) is 1. The van der Waals surface area contributed by atoms with Crippen LogP contribution in [0.1, 0.15) is 39.2 Å². The molecule has 2 N–H and O–H groups in total. The van der Waals surface area contributed by atoms with Crippen molar-refractivity contribution in [3.63, 3.8) is 0 Å². The summed E-state index contributed by atoms with van der Waals surface area (Å²) >= 11 is 0. The Balaban J connectivity index is 3.06. The molecule has 0 bridgehead atoms. The summed E-state index contributed by atoms with van der Waals surface area (Å²) in [5.74, 6) is 0.838. The van der Waals surface area contributed by atoms with Crippen LogP contribution in [0, 0.1) is 5.92 Å². The van der Waals surface area contributed by atoms with Crippen LogP contribution in [-0.4, -0.2) is 28.1 Å². The molecule has 5 heteroatoms. The molecular weight excluding hydrogens is 272 g/mol. The number of benzene rings is 1. The maximum Gasteiger partial charge on any atom is 0.240 e. The predicted octanol–water partition coefficient (Wildman–Crippen LogP) is 2.33. The SMILES string of the molecule is CCNS(=O)(=O)c1ccc(C(C(C)C)C(C)NC)cc1. The van der Waals surface area contributed by atoms with Gasteiger partial charge in [0.15, 0.2) is 0 Å². The Morgan fingerprint density at radius 3 is 2.05 bits per heavy atom. The second-order valence-corrected chi connectivity index (χ2v) is 7.18. The van der Waals surface area contributed by atoms with E-state index in [1.807, 2.05) is 19.2 Å². The molecule has 0 saturated carbocycles. The van der Waals surface area contributed by atoms with Gasteiger partial charge >= 0.3 is 0 Å². The first-order valence-electron chi connectivity index (χ1n) is 7.10. The van der Waals surface area contributed by atoms with Crippen LogP contribution < -0.4 is 10.0 Å². The summed E-state index contributed by atoms with van der Waals surface area (Å²) in [4.78, 5) is 0.322. The summed E-state index contributed by atoms with van der Waals surface area (Å²) in [5.41, 5.74) is 1.16. The summed E-state index contributed by atoms with van der Waals surface area (Å²) in [7, 11) is -1.42. The maximum absolute atomic E-state index is 11.9. The monoisotopic (exact) mass is 298 g/mol. The van der Waals surface area contributed by atoms with Gasteiger partial charge in [-0.05, 0) is 37.6 Å². The molecule has 2 atom stereocenters. The summed E-state index contributed by atoms with van der Waals surface area (Å²) < 4.78 is 26.3. The molecule has 4 nitrogen and oxygen atoms in total. The molecule has 1 aromatic carbocycles. The van der Waals surface area contributed by atoms with Crippen LogP contribution in [-0.2, 0) is 10.0 Å². The van der Waals surface area contributed by atoms with E-state index in [1.54, 1.807) is 19.1 Å². The van der Waals surface area contributed by atoms with Gasteiger partial charge in [-0.2, -0.15) is 0 Å². The molecule has 0 aliphatic rings. The Labute approximate surface area is 123 Å². The predicted molar refractivity (Wildman–Crippen MR) is 83.4 cm³/mol. The molecule has 2 unspecified atom stereocenters. The van der Waals surface area contributed by atoms with Crippen molar-refractivity contribution in [3.05, 3.63) is 29.8 Å². The fourth-order valence-corrected chi connectivity index (χ4v) is 3.61. The summed E-state index contributed by atoms with van der Waals surface area (Å²) in [6.45, 7) is 8.68. The molecular formula is C15H26N2O2S. The van der Waals surface area contributed by atoms with Crippen molar-refractivity contribution >= 4 is 10.0 Å². The third-order valence-electron chi connectivity index (χ3n) is 3.62. The maximum atomic E-state index is 11.9. The standard InChI is InChI=1S/C15H26N2O2S/c1-6-17-20(18,19)14-9-7-13(8-10-14)15(11(2)3)12(4)16-5/h7-12,15-17H,6H2,1-5H3. The quantitative estimate of drug-likeness (QED) is 0.812. The van der Waals surface area contributed by atoms with Crippen molar-refractivity contribution in [2.24, 2.45) is 5.92 Å². The lowest BCUT2D eigenvalue weighted by molar-refractivity contribution is 0.395. The third kappa shape index (κ3) is 4.04. The molecule has 0 amide bonds. The van der Waals surface area contributed by atoms with E-state index in [9.17, 15) is 8.42 Å². The zero-order valence-corrected chi connectivity index (χ0v) is 13.8. The highest BCUT2D eigenvalue weighted by Gasteiger charge is 2.22. The van der Waals surface area contributed by atoms with Gasteiger partial charge in [-0.25, -0.2) is 13.1 Å². The van der Waals surface area contributed by atoms with Gasteiger partial charge in [0.2, 0.25) is 10.0 Å². The van der Waals surface area contributed by atoms with E-state index in [0.717, 1.165) is 5.56 Å². The largest absolute Gasteiger partial charge is 0.317 e. The van der Waals surface area contributed by atoms with E-state index in [0.29, 0.717) is 29.3 Å². The Morgan fingerprint density at radius 1 is 1.10 bits per heavy atom. The van der Waals surface area contributed by atoms with Crippen LogP contribution in [0.5, 0.6) is 0 Å². The first kappa shape index (κ1) is 17.1. The van der Waals surface area contributed by atoms with Crippen molar-refractivity contribution in [1.82, 2.24) is 10.0 Å². The molecule has 0 radical (unpaired) electrons. The van der Waals surface area contributed by atoms with Gasteiger partial charge in [-0.3, -0.25) is 0 Å². The minimum atomic E-state index is -3.36. The Bertz CT molecular complexity index is 509. The fourth-order valence-electron chi connectivity index (χ4n) is 2.57. The van der Waals surface area contributed by atoms with E-state index >= 15 is 0 Å². The van der Waals surface area contributed by atoms with E-state index in [4.69, 9.17) is 0 Å². The number of hydrogen-bond donors (Lipinski definition) is 2. The lowest BCUT2D eigenvalue weighted by atomic mass is 9.83. The van der Waals surface area contributed by atoms with Gasteiger partial charge in [-0.1, -0.05) is 32.9 Å². The number of rotatable bonds is 7. The summed E-state index contributed by atoms with van der Waals surface area (Å²) in [6, 6.07) is 7.55. The molecule has 114 valence electrons. The van der Waals surface area contributed by atoms with E-state index in [2.05, 4.69) is 30.8 Å². The molecule has 0 saturated heterocycles. The highest BCUT2D eigenvalue weighted by atomic mass is 32.2. The Morgan fingerprint density at radius 2 is 1.65 bits per heavy atom. The van der Waals surface area contributed by atoms with Crippen LogP contribution in [0.4, 0.5) is 0 Å². The topological polar surface area (TPSA) is 58.2 Å². The number of sulfonamides is 1. The van der Waals surface area contributed by atoms with E-state index in [1.165, 1.54) is 0 Å². The van der Waals surface area contributed by atoms with Gasteiger partial charge in [0.25, 0.3) is 0 Å². The van der Waals surface area contributed by atoms with E-state index in [-0.39, 0.29) is 0 Å². The second kappa shape index (κ2) is 7.20.